The fourth-order valence-corrected chi connectivity index (χ4v) is 2.90. The fourth-order valence-electron chi connectivity index (χ4n) is 2.90. The number of fused-ring (bicyclic) bond motifs is 1. The summed E-state index contributed by atoms with van der Waals surface area (Å²) in [5, 5.41) is 0.808. The van der Waals surface area contributed by atoms with Crippen LogP contribution in [0.5, 0.6) is 17.2 Å². The molecule has 0 fully saturated rings. The van der Waals surface area contributed by atoms with Crippen molar-refractivity contribution in [1.29, 1.82) is 0 Å². The molecule has 0 aliphatic carbocycles. The zero-order valence-corrected chi connectivity index (χ0v) is 17.3. The minimum atomic E-state index is -0.473. The molecule has 3 rings (SSSR count). The summed E-state index contributed by atoms with van der Waals surface area (Å²) in [5.74, 6) is 0.785. The molecule has 0 saturated heterocycles. The molecular weight excluding hydrogens is 388 g/mol. The number of benzene rings is 2. The summed E-state index contributed by atoms with van der Waals surface area (Å²) < 4.78 is 21.5. The Kier molecular flexibility index (Phi) is 6.46. The number of hydrogen-bond acceptors (Lipinski definition) is 6. The highest BCUT2D eigenvalue weighted by molar-refractivity contribution is 5.96. The zero-order chi connectivity index (χ0) is 21.7. The van der Waals surface area contributed by atoms with Crippen LogP contribution < -0.4 is 25.1 Å². The summed E-state index contributed by atoms with van der Waals surface area (Å²) in [5.41, 5.74) is 6.47. The molecule has 0 saturated carbocycles. The van der Waals surface area contributed by atoms with Crippen molar-refractivity contribution in [1.82, 2.24) is 10.9 Å². The summed E-state index contributed by atoms with van der Waals surface area (Å²) in [7, 11) is 3.07. The predicted octanol–water partition coefficient (Wildman–Crippen LogP) is 3.24. The Morgan fingerprint density at radius 1 is 1.00 bits per heavy atom. The minimum Gasteiger partial charge on any atom is -0.497 e. The molecule has 1 aromatic heterocycles. The van der Waals surface area contributed by atoms with Crippen molar-refractivity contribution in [2.24, 2.45) is 0 Å². The van der Waals surface area contributed by atoms with E-state index in [4.69, 9.17) is 18.6 Å². The Labute approximate surface area is 174 Å². The Morgan fingerprint density at radius 3 is 2.50 bits per heavy atom. The second-order valence-electron chi connectivity index (χ2n) is 6.83. The summed E-state index contributed by atoms with van der Waals surface area (Å²) in [6.07, 6.45) is 1.53. The van der Waals surface area contributed by atoms with Gasteiger partial charge >= 0.3 is 0 Å². The van der Waals surface area contributed by atoms with E-state index in [1.807, 2.05) is 19.9 Å². The predicted molar refractivity (Wildman–Crippen MR) is 111 cm³/mol. The second kappa shape index (κ2) is 9.21. The Hall–Kier alpha value is -3.68. The number of carbonyl (C=O) groups is 2. The SMILES string of the molecule is COc1ccc2c(CC(=O)NNC(=O)c3ccc(OC(C)C)c(OC)c3)coc2c1. The average molecular weight is 412 g/mol. The molecule has 1 heterocycles. The van der Waals surface area contributed by atoms with Gasteiger partial charge in [-0.3, -0.25) is 20.4 Å². The third kappa shape index (κ3) is 4.83. The van der Waals surface area contributed by atoms with Crippen LogP contribution in [0.3, 0.4) is 0 Å². The topological polar surface area (TPSA) is 99.0 Å². The van der Waals surface area contributed by atoms with E-state index < -0.39 is 5.91 Å². The first kappa shape index (κ1) is 21.0. The maximum atomic E-state index is 12.4. The molecule has 3 aromatic rings. The van der Waals surface area contributed by atoms with Crippen LogP contribution in [0.25, 0.3) is 11.0 Å². The highest BCUT2D eigenvalue weighted by Gasteiger charge is 2.15. The smallest absolute Gasteiger partial charge is 0.269 e. The molecule has 0 spiro atoms. The maximum absolute atomic E-state index is 12.4. The van der Waals surface area contributed by atoms with Crippen LogP contribution >= 0.6 is 0 Å². The summed E-state index contributed by atoms with van der Waals surface area (Å²) in [6, 6.07) is 10.2. The maximum Gasteiger partial charge on any atom is 0.269 e. The summed E-state index contributed by atoms with van der Waals surface area (Å²) >= 11 is 0. The van der Waals surface area contributed by atoms with E-state index in [0.29, 0.717) is 34.0 Å². The number of hydrogen-bond donors (Lipinski definition) is 2. The van der Waals surface area contributed by atoms with E-state index in [-0.39, 0.29) is 18.4 Å². The van der Waals surface area contributed by atoms with Gasteiger partial charge in [-0.25, -0.2) is 0 Å². The molecule has 0 aliphatic rings. The van der Waals surface area contributed by atoms with Crippen molar-refractivity contribution in [2.45, 2.75) is 26.4 Å². The number of furan rings is 1. The lowest BCUT2D eigenvalue weighted by Crippen LogP contribution is -2.42. The number of amides is 2. The molecule has 0 atom stereocenters. The van der Waals surface area contributed by atoms with E-state index in [9.17, 15) is 9.59 Å². The van der Waals surface area contributed by atoms with E-state index in [1.54, 1.807) is 37.4 Å². The molecular formula is C22H24N2O6. The molecule has 0 radical (unpaired) electrons. The van der Waals surface area contributed by atoms with Gasteiger partial charge in [-0.2, -0.15) is 0 Å². The normalized spacial score (nSPS) is 10.7. The number of methoxy groups -OCH3 is 2. The van der Waals surface area contributed by atoms with Gasteiger partial charge in [0.05, 0.1) is 33.0 Å². The van der Waals surface area contributed by atoms with Gasteiger partial charge in [0.1, 0.15) is 11.3 Å². The van der Waals surface area contributed by atoms with Crippen molar-refractivity contribution in [2.75, 3.05) is 14.2 Å². The van der Waals surface area contributed by atoms with E-state index in [0.717, 1.165) is 5.39 Å². The fraction of sp³-hybridized carbons (Fsp3) is 0.273. The molecule has 2 aromatic carbocycles. The van der Waals surface area contributed by atoms with Gasteiger partial charge in [0.25, 0.3) is 5.91 Å². The van der Waals surface area contributed by atoms with E-state index in [2.05, 4.69) is 10.9 Å². The molecule has 8 nitrogen and oxygen atoms in total. The molecule has 0 bridgehead atoms. The quantitative estimate of drug-likeness (QED) is 0.578. The lowest BCUT2D eigenvalue weighted by molar-refractivity contribution is -0.121. The van der Waals surface area contributed by atoms with Crippen LogP contribution in [0.4, 0.5) is 0 Å². The van der Waals surface area contributed by atoms with Gasteiger partial charge in [0, 0.05) is 22.6 Å². The minimum absolute atomic E-state index is 0.0297. The van der Waals surface area contributed by atoms with E-state index >= 15 is 0 Å². The lowest BCUT2D eigenvalue weighted by Gasteiger charge is -2.14. The Balaban J connectivity index is 1.61. The van der Waals surface area contributed by atoms with Crippen LogP contribution in [-0.4, -0.2) is 32.1 Å². The Morgan fingerprint density at radius 2 is 1.80 bits per heavy atom. The molecule has 30 heavy (non-hydrogen) atoms. The summed E-state index contributed by atoms with van der Waals surface area (Å²) in [6.45, 7) is 3.80. The van der Waals surface area contributed by atoms with Crippen LogP contribution in [-0.2, 0) is 11.2 Å². The molecule has 8 heteroatoms. The number of hydrazine groups is 1. The molecule has 0 unspecified atom stereocenters. The average Bonchev–Trinajstić information content (AvgIpc) is 3.13. The third-order valence-electron chi connectivity index (χ3n) is 4.32. The molecule has 0 aliphatic heterocycles. The van der Waals surface area contributed by atoms with Crippen LogP contribution in [0, 0.1) is 0 Å². The first-order valence-corrected chi connectivity index (χ1v) is 9.39. The molecule has 2 amide bonds. The second-order valence-corrected chi connectivity index (χ2v) is 6.83. The number of rotatable bonds is 7. The first-order valence-electron chi connectivity index (χ1n) is 9.39. The van der Waals surface area contributed by atoms with Crippen LogP contribution in [0.2, 0.25) is 0 Å². The van der Waals surface area contributed by atoms with Gasteiger partial charge < -0.3 is 18.6 Å². The number of nitrogens with one attached hydrogen (secondary N) is 2. The number of carbonyl (C=O) groups excluding carboxylic acids is 2. The van der Waals surface area contributed by atoms with Gasteiger partial charge in [0.15, 0.2) is 11.5 Å². The number of ether oxygens (including phenoxy) is 3. The lowest BCUT2D eigenvalue weighted by atomic mass is 10.1. The van der Waals surface area contributed by atoms with Gasteiger partial charge in [-0.15, -0.1) is 0 Å². The highest BCUT2D eigenvalue weighted by Crippen LogP contribution is 2.29. The zero-order valence-electron chi connectivity index (χ0n) is 17.3. The molecule has 2 N–H and O–H groups in total. The van der Waals surface area contributed by atoms with Crippen molar-refractivity contribution >= 4 is 22.8 Å². The van der Waals surface area contributed by atoms with Crippen LogP contribution in [0.1, 0.15) is 29.8 Å². The van der Waals surface area contributed by atoms with Gasteiger partial charge in [0.2, 0.25) is 5.91 Å². The van der Waals surface area contributed by atoms with Crippen molar-refractivity contribution < 1.29 is 28.2 Å². The largest absolute Gasteiger partial charge is 0.497 e. The van der Waals surface area contributed by atoms with Gasteiger partial charge in [-0.05, 0) is 44.2 Å². The standard InChI is InChI=1S/C22H24N2O6/c1-13(2)30-18-8-5-14(9-20(18)28-4)22(26)24-23-21(25)10-15-12-29-19-11-16(27-3)6-7-17(15)19/h5-9,11-13H,10H2,1-4H3,(H,23,25)(H,24,26). The van der Waals surface area contributed by atoms with Crippen molar-refractivity contribution in [3.8, 4) is 17.2 Å². The van der Waals surface area contributed by atoms with Gasteiger partial charge in [-0.1, -0.05) is 0 Å². The van der Waals surface area contributed by atoms with Crippen molar-refractivity contribution in [3.63, 3.8) is 0 Å². The van der Waals surface area contributed by atoms with E-state index in [1.165, 1.54) is 13.4 Å². The monoisotopic (exact) mass is 412 g/mol. The van der Waals surface area contributed by atoms with Crippen LogP contribution in [0.15, 0.2) is 47.1 Å². The third-order valence-corrected chi connectivity index (χ3v) is 4.32. The first-order chi connectivity index (χ1) is 14.4. The summed E-state index contributed by atoms with van der Waals surface area (Å²) in [4.78, 5) is 24.7. The van der Waals surface area contributed by atoms with Crippen molar-refractivity contribution in [3.05, 3.63) is 53.8 Å². The Bertz CT molecular complexity index is 1060. The molecule has 158 valence electrons. The highest BCUT2D eigenvalue weighted by atomic mass is 16.5.